The second kappa shape index (κ2) is 7.03. The molecule has 1 aliphatic carbocycles. The van der Waals surface area contributed by atoms with Crippen LogP contribution in [0.5, 0.6) is 0 Å². The van der Waals surface area contributed by atoms with E-state index in [4.69, 9.17) is 11.5 Å². The van der Waals surface area contributed by atoms with Crippen molar-refractivity contribution in [3.05, 3.63) is 0 Å². The van der Waals surface area contributed by atoms with Crippen LogP contribution in [0.25, 0.3) is 0 Å². The van der Waals surface area contributed by atoms with Crippen molar-refractivity contribution in [2.24, 2.45) is 0 Å². The van der Waals surface area contributed by atoms with Crippen LogP contribution < -0.4 is 5.32 Å². The number of nitrogens with zero attached hydrogens (tertiary/aromatic N) is 1. The van der Waals surface area contributed by atoms with Crippen molar-refractivity contribution < 1.29 is 14.7 Å². The fourth-order valence-corrected chi connectivity index (χ4v) is 2.70. The van der Waals surface area contributed by atoms with Crippen molar-refractivity contribution in [2.45, 2.75) is 50.5 Å². The van der Waals surface area contributed by atoms with Crippen molar-refractivity contribution in [3.8, 4) is 12.3 Å². The van der Waals surface area contributed by atoms with E-state index in [2.05, 4.69) is 11.2 Å². The first-order valence-corrected chi connectivity index (χ1v) is 6.69. The van der Waals surface area contributed by atoms with Gasteiger partial charge in [0, 0.05) is 20.0 Å². The molecule has 1 rings (SSSR count). The lowest BCUT2D eigenvalue weighted by atomic mass is 9.78. The van der Waals surface area contributed by atoms with Gasteiger partial charge < -0.3 is 15.3 Å². The average molecular weight is 266 g/mol. The van der Waals surface area contributed by atoms with Crippen LogP contribution in [-0.4, -0.2) is 41.1 Å². The number of hydrogen-bond acceptors (Lipinski definition) is 2. The summed E-state index contributed by atoms with van der Waals surface area (Å²) in [5, 5.41) is 11.8. The monoisotopic (exact) mass is 266 g/mol. The van der Waals surface area contributed by atoms with E-state index >= 15 is 0 Å². The smallest absolute Gasteiger partial charge is 0.317 e. The number of nitrogens with one attached hydrogen (secondary N) is 1. The summed E-state index contributed by atoms with van der Waals surface area (Å²) in [7, 11) is 1.68. The third-order valence-electron chi connectivity index (χ3n) is 3.83. The van der Waals surface area contributed by atoms with Gasteiger partial charge in [0.05, 0.1) is 12.0 Å². The molecule has 0 radical (unpaired) electrons. The molecule has 0 atom stereocenters. The quantitative estimate of drug-likeness (QED) is 0.589. The predicted molar refractivity (Wildman–Crippen MR) is 72.7 cm³/mol. The predicted octanol–water partition coefficient (Wildman–Crippen LogP) is 1.83. The SMILES string of the molecule is C#CCCNC(=O)N(C)C1(CC(=O)O)CCCCC1. The third-order valence-corrected chi connectivity index (χ3v) is 3.83. The van der Waals surface area contributed by atoms with Gasteiger partial charge >= 0.3 is 12.0 Å². The van der Waals surface area contributed by atoms with Gasteiger partial charge in [-0.1, -0.05) is 19.3 Å². The minimum Gasteiger partial charge on any atom is -0.481 e. The van der Waals surface area contributed by atoms with E-state index in [9.17, 15) is 9.59 Å². The third kappa shape index (κ3) is 4.16. The van der Waals surface area contributed by atoms with E-state index in [0.717, 1.165) is 32.1 Å². The van der Waals surface area contributed by atoms with Gasteiger partial charge in [-0.15, -0.1) is 12.3 Å². The first-order valence-electron chi connectivity index (χ1n) is 6.69. The van der Waals surface area contributed by atoms with Gasteiger partial charge in [0.1, 0.15) is 0 Å². The van der Waals surface area contributed by atoms with Crippen molar-refractivity contribution in [3.63, 3.8) is 0 Å². The second-order valence-electron chi connectivity index (χ2n) is 5.10. The highest BCUT2D eigenvalue weighted by Crippen LogP contribution is 2.35. The van der Waals surface area contributed by atoms with Crippen LogP contribution in [0, 0.1) is 12.3 Å². The Hall–Kier alpha value is -1.70. The van der Waals surface area contributed by atoms with Crippen LogP contribution in [0.4, 0.5) is 4.79 Å². The van der Waals surface area contributed by atoms with E-state index < -0.39 is 11.5 Å². The topological polar surface area (TPSA) is 69.6 Å². The number of aliphatic carboxylic acids is 1. The van der Waals surface area contributed by atoms with Gasteiger partial charge in [-0.2, -0.15) is 0 Å². The summed E-state index contributed by atoms with van der Waals surface area (Å²) >= 11 is 0. The highest BCUT2D eigenvalue weighted by atomic mass is 16.4. The zero-order valence-corrected chi connectivity index (χ0v) is 11.4. The summed E-state index contributed by atoms with van der Waals surface area (Å²) in [4.78, 5) is 24.7. The van der Waals surface area contributed by atoms with Gasteiger partial charge in [0.15, 0.2) is 0 Å². The lowest BCUT2D eigenvalue weighted by Gasteiger charge is -2.43. The lowest BCUT2D eigenvalue weighted by molar-refractivity contribution is -0.140. The highest BCUT2D eigenvalue weighted by Gasteiger charge is 2.40. The molecule has 0 aromatic rings. The van der Waals surface area contributed by atoms with Gasteiger partial charge in [-0.25, -0.2) is 4.79 Å². The molecule has 0 aliphatic heterocycles. The van der Waals surface area contributed by atoms with E-state index in [1.54, 1.807) is 11.9 Å². The van der Waals surface area contributed by atoms with Crippen molar-refractivity contribution in [1.29, 1.82) is 0 Å². The maximum atomic E-state index is 12.1. The molecule has 0 aromatic carbocycles. The van der Waals surface area contributed by atoms with Crippen LogP contribution in [0.2, 0.25) is 0 Å². The molecule has 1 saturated carbocycles. The number of amides is 2. The summed E-state index contributed by atoms with van der Waals surface area (Å²) in [6.45, 7) is 0.419. The Morgan fingerprint density at radius 1 is 1.37 bits per heavy atom. The molecule has 19 heavy (non-hydrogen) atoms. The van der Waals surface area contributed by atoms with E-state index in [0.29, 0.717) is 13.0 Å². The van der Waals surface area contributed by atoms with Crippen molar-refractivity contribution >= 4 is 12.0 Å². The summed E-state index contributed by atoms with van der Waals surface area (Å²) in [5.41, 5.74) is -0.551. The molecule has 1 aliphatic rings. The molecule has 5 heteroatoms. The van der Waals surface area contributed by atoms with Gasteiger partial charge in [-0.05, 0) is 12.8 Å². The van der Waals surface area contributed by atoms with E-state index in [1.165, 1.54) is 0 Å². The molecule has 0 saturated heterocycles. The minimum atomic E-state index is -0.856. The summed E-state index contributed by atoms with van der Waals surface area (Å²) in [6, 6.07) is -0.238. The largest absolute Gasteiger partial charge is 0.481 e. The normalized spacial score (nSPS) is 17.3. The molecular weight excluding hydrogens is 244 g/mol. The zero-order chi connectivity index (χ0) is 14.3. The molecule has 0 bridgehead atoms. The standard InChI is InChI=1S/C14H22N2O3/c1-3-4-10-15-13(19)16(2)14(11-12(17)18)8-6-5-7-9-14/h1H,4-11H2,2H3,(H,15,19)(H,17,18). The molecular formula is C14H22N2O3. The van der Waals surface area contributed by atoms with Crippen LogP contribution in [0.3, 0.4) is 0 Å². The first-order chi connectivity index (χ1) is 9.02. The Morgan fingerprint density at radius 2 is 2.00 bits per heavy atom. The summed E-state index contributed by atoms with van der Waals surface area (Å²) < 4.78 is 0. The average Bonchev–Trinajstić information content (AvgIpc) is 2.38. The Balaban J connectivity index is 2.70. The molecule has 5 nitrogen and oxygen atoms in total. The number of carboxylic acids is 1. The summed E-state index contributed by atoms with van der Waals surface area (Å²) in [5.74, 6) is 1.60. The van der Waals surface area contributed by atoms with E-state index in [1.807, 2.05) is 0 Å². The Kier molecular flexibility index (Phi) is 5.68. The van der Waals surface area contributed by atoms with Crippen molar-refractivity contribution in [1.82, 2.24) is 10.2 Å². The number of carbonyl (C=O) groups excluding carboxylic acids is 1. The molecule has 0 heterocycles. The number of hydrogen-bond donors (Lipinski definition) is 2. The number of carboxylic acid groups (broad SMARTS) is 1. The Morgan fingerprint density at radius 3 is 2.53 bits per heavy atom. The molecule has 106 valence electrons. The molecule has 0 aromatic heterocycles. The zero-order valence-electron chi connectivity index (χ0n) is 11.4. The molecule has 0 unspecified atom stereocenters. The number of rotatable bonds is 5. The van der Waals surface area contributed by atoms with Crippen LogP contribution in [0.15, 0.2) is 0 Å². The first kappa shape index (κ1) is 15.4. The molecule has 2 N–H and O–H groups in total. The number of urea groups is 1. The van der Waals surface area contributed by atoms with Crippen LogP contribution in [0.1, 0.15) is 44.9 Å². The van der Waals surface area contributed by atoms with Gasteiger partial charge in [0.2, 0.25) is 0 Å². The Bertz CT molecular complexity index is 367. The van der Waals surface area contributed by atoms with Crippen molar-refractivity contribution in [2.75, 3.05) is 13.6 Å². The summed E-state index contributed by atoms with van der Waals surface area (Å²) in [6.07, 6.45) is 10.2. The maximum absolute atomic E-state index is 12.1. The van der Waals surface area contributed by atoms with E-state index in [-0.39, 0.29) is 12.5 Å². The Labute approximate surface area is 114 Å². The fourth-order valence-electron chi connectivity index (χ4n) is 2.70. The minimum absolute atomic E-state index is 0.00601. The molecule has 0 spiro atoms. The number of terminal acetylenes is 1. The second-order valence-corrected chi connectivity index (χ2v) is 5.10. The number of carbonyl (C=O) groups is 2. The van der Waals surface area contributed by atoms with Gasteiger partial charge in [0.25, 0.3) is 0 Å². The molecule has 1 fully saturated rings. The highest BCUT2D eigenvalue weighted by molar-refractivity contribution is 5.76. The van der Waals surface area contributed by atoms with Crippen LogP contribution >= 0.6 is 0 Å². The maximum Gasteiger partial charge on any atom is 0.317 e. The van der Waals surface area contributed by atoms with Crippen LogP contribution in [-0.2, 0) is 4.79 Å². The van der Waals surface area contributed by atoms with Gasteiger partial charge in [-0.3, -0.25) is 4.79 Å². The lowest BCUT2D eigenvalue weighted by Crippen LogP contribution is -2.55. The molecule has 2 amide bonds. The fraction of sp³-hybridized carbons (Fsp3) is 0.714.